The highest BCUT2D eigenvalue weighted by molar-refractivity contribution is 6.04. The third-order valence-corrected chi connectivity index (χ3v) is 6.55. The fraction of sp³-hybridized carbons (Fsp3) is 0.375. The molecule has 35 heavy (non-hydrogen) atoms. The summed E-state index contributed by atoms with van der Waals surface area (Å²) in [6, 6.07) is 5.69. The molecule has 3 aromatic rings. The zero-order valence-corrected chi connectivity index (χ0v) is 18.9. The number of amides is 1. The highest BCUT2D eigenvalue weighted by Gasteiger charge is 2.41. The highest BCUT2D eigenvalue weighted by Crippen LogP contribution is 2.37. The second-order valence-corrected chi connectivity index (χ2v) is 9.51. The van der Waals surface area contributed by atoms with Gasteiger partial charge in [-0.1, -0.05) is 12.1 Å². The van der Waals surface area contributed by atoms with Crippen LogP contribution in [0.15, 0.2) is 35.3 Å². The van der Waals surface area contributed by atoms with Crippen molar-refractivity contribution >= 4 is 22.6 Å². The van der Waals surface area contributed by atoms with Crippen LogP contribution in [0.3, 0.4) is 0 Å². The molecule has 5 rings (SSSR count). The van der Waals surface area contributed by atoms with Crippen LogP contribution in [0.25, 0.3) is 11.0 Å². The van der Waals surface area contributed by atoms with Crippen LogP contribution in [0, 0.1) is 5.82 Å². The van der Waals surface area contributed by atoms with Gasteiger partial charge in [0, 0.05) is 37.3 Å². The Labute approximate surface area is 198 Å². The van der Waals surface area contributed by atoms with Gasteiger partial charge in [0.05, 0.1) is 24.3 Å². The molecule has 4 N–H and O–H groups in total. The number of carbonyl (C=O) groups is 1. The van der Waals surface area contributed by atoms with Crippen molar-refractivity contribution in [2.24, 2.45) is 5.73 Å². The van der Waals surface area contributed by atoms with Crippen molar-refractivity contribution in [3.63, 3.8) is 0 Å². The van der Waals surface area contributed by atoms with E-state index in [1.54, 1.807) is 12.1 Å². The lowest BCUT2D eigenvalue weighted by molar-refractivity contribution is -0.000965. The number of nitrogens with zero attached hydrogens (tertiary/aromatic N) is 3. The molecule has 0 unspecified atom stereocenters. The number of likely N-dealkylation sites (N-methyl/N-ethyl adjacent to an activating group) is 1. The number of hydrogen-bond acceptors (Lipinski definition) is 6. The standard InChI is InChI=1S/C24H24F3N5O3/c1-31(11-23(28)6-7-23)21(34)16-20(33)18-19-17(30-10-24(26,27)12-32(19)22(16)35)14(9-29-18)8-13-2-4-15(25)5-3-13/h2-5,9,30,33H,6-8,10-12,28H2,1H3. The van der Waals surface area contributed by atoms with E-state index >= 15 is 0 Å². The molecule has 0 radical (unpaired) electrons. The Morgan fingerprint density at radius 3 is 2.63 bits per heavy atom. The minimum atomic E-state index is -3.32. The topological polar surface area (TPSA) is 113 Å². The molecule has 0 spiro atoms. The maximum Gasteiger partial charge on any atom is 0.282 e. The number of benzene rings is 1. The Hall–Kier alpha value is -3.60. The molecule has 11 heteroatoms. The van der Waals surface area contributed by atoms with Crippen LogP contribution in [0.4, 0.5) is 18.9 Å². The molecule has 3 heterocycles. The smallest absolute Gasteiger partial charge is 0.282 e. The van der Waals surface area contributed by atoms with Gasteiger partial charge < -0.3 is 21.1 Å². The van der Waals surface area contributed by atoms with Crippen LogP contribution in [-0.4, -0.2) is 57.1 Å². The summed E-state index contributed by atoms with van der Waals surface area (Å²) in [5.74, 6) is -5.21. The highest BCUT2D eigenvalue weighted by atomic mass is 19.3. The summed E-state index contributed by atoms with van der Waals surface area (Å²) in [5.41, 5.74) is 5.11. The molecule has 8 nitrogen and oxygen atoms in total. The number of alkyl halides is 2. The van der Waals surface area contributed by atoms with E-state index in [0.29, 0.717) is 11.1 Å². The third kappa shape index (κ3) is 4.20. The van der Waals surface area contributed by atoms with Crippen molar-refractivity contribution in [1.29, 1.82) is 0 Å². The quantitative estimate of drug-likeness (QED) is 0.510. The second-order valence-electron chi connectivity index (χ2n) is 9.51. The van der Waals surface area contributed by atoms with E-state index in [1.807, 2.05) is 0 Å². The van der Waals surface area contributed by atoms with Gasteiger partial charge in [-0.15, -0.1) is 0 Å². The summed E-state index contributed by atoms with van der Waals surface area (Å²) < 4.78 is 43.5. The Balaban J connectivity index is 1.67. The molecular formula is C24H24F3N5O3. The SMILES string of the molecule is CN(CC1(N)CC1)C(=O)c1c(O)c2ncc(Cc3ccc(F)cc3)c3c2n(c1=O)CC(F)(F)CN3. The Morgan fingerprint density at radius 2 is 1.97 bits per heavy atom. The van der Waals surface area contributed by atoms with Gasteiger partial charge in [-0.2, -0.15) is 0 Å². The van der Waals surface area contributed by atoms with Gasteiger partial charge in [-0.05, 0) is 30.5 Å². The summed E-state index contributed by atoms with van der Waals surface area (Å²) in [7, 11) is 1.45. The molecule has 1 aromatic carbocycles. The first-order chi connectivity index (χ1) is 16.5. The summed E-state index contributed by atoms with van der Waals surface area (Å²) in [4.78, 5) is 32.0. The number of aromatic nitrogens is 2. The molecule has 2 aromatic heterocycles. The largest absolute Gasteiger partial charge is 0.505 e. The minimum absolute atomic E-state index is 0.0130. The van der Waals surface area contributed by atoms with Gasteiger partial charge in [0.15, 0.2) is 5.75 Å². The number of nitrogens with two attached hydrogens (primary N) is 1. The van der Waals surface area contributed by atoms with Crippen LogP contribution in [0.1, 0.15) is 34.3 Å². The van der Waals surface area contributed by atoms with Crippen molar-refractivity contribution in [1.82, 2.24) is 14.5 Å². The minimum Gasteiger partial charge on any atom is -0.505 e. The van der Waals surface area contributed by atoms with E-state index in [0.717, 1.165) is 17.4 Å². The number of aromatic hydroxyl groups is 1. The number of anilines is 1. The molecule has 0 atom stereocenters. The van der Waals surface area contributed by atoms with Gasteiger partial charge in [-0.25, -0.2) is 13.2 Å². The molecule has 2 aliphatic rings. The van der Waals surface area contributed by atoms with Gasteiger partial charge in [-0.3, -0.25) is 19.1 Å². The average molecular weight is 487 g/mol. The first kappa shape index (κ1) is 23.2. The van der Waals surface area contributed by atoms with Crippen molar-refractivity contribution in [2.75, 3.05) is 25.5 Å². The number of nitrogens with one attached hydrogen (secondary N) is 1. The molecule has 0 saturated heterocycles. The molecule has 0 bridgehead atoms. The predicted molar refractivity (Wildman–Crippen MR) is 123 cm³/mol. The predicted octanol–water partition coefficient (Wildman–Crippen LogP) is 2.46. The number of halogens is 3. The van der Waals surface area contributed by atoms with Gasteiger partial charge >= 0.3 is 0 Å². The fourth-order valence-corrected chi connectivity index (χ4v) is 4.49. The van der Waals surface area contributed by atoms with Crippen LogP contribution in [-0.2, 0) is 13.0 Å². The molecule has 184 valence electrons. The lowest BCUT2D eigenvalue weighted by atomic mass is 10.0. The number of carbonyl (C=O) groups excluding carboxylic acids is 1. The number of hydrogen-bond donors (Lipinski definition) is 3. The van der Waals surface area contributed by atoms with E-state index in [-0.39, 0.29) is 29.7 Å². The first-order valence-electron chi connectivity index (χ1n) is 11.2. The number of rotatable bonds is 5. The Morgan fingerprint density at radius 1 is 1.29 bits per heavy atom. The monoisotopic (exact) mass is 487 g/mol. The van der Waals surface area contributed by atoms with Crippen molar-refractivity contribution < 1.29 is 23.1 Å². The van der Waals surface area contributed by atoms with Gasteiger partial charge in [0.2, 0.25) is 0 Å². The van der Waals surface area contributed by atoms with Crippen molar-refractivity contribution in [3.05, 3.63) is 63.3 Å². The zero-order valence-electron chi connectivity index (χ0n) is 18.9. The summed E-state index contributed by atoms with van der Waals surface area (Å²) in [6.45, 7) is -1.59. The molecule has 1 aliphatic carbocycles. The van der Waals surface area contributed by atoms with E-state index in [2.05, 4.69) is 10.3 Å². The maximum absolute atomic E-state index is 14.7. The first-order valence-corrected chi connectivity index (χ1v) is 11.2. The van der Waals surface area contributed by atoms with Crippen LogP contribution < -0.4 is 16.6 Å². The lowest BCUT2D eigenvalue weighted by Crippen LogP contribution is -2.43. The fourth-order valence-electron chi connectivity index (χ4n) is 4.49. The summed E-state index contributed by atoms with van der Waals surface area (Å²) in [5, 5.41) is 13.7. The van der Waals surface area contributed by atoms with Gasteiger partial charge in [0.25, 0.3) is 17.4 Å². The van der Waals surface area contributed by atoms with E-state index < -0.39 is 53.1 Å². The van der Waals surface area contributed by atoms with Crippen molar-refractivity contribution in [3.8, 4) is 5.75 Å². The zero-order chi connectivity index (χ0) is 25.1. The van der Waals surface area contributed by atoms with Crippen molar-refractivity contribution in [2.45, 2.75) is 37.3 Å². The van der Waals surface area contributed by atoms with Crippen LogP contribution >= 0.6 is 0 Å². The molecular weight excluding hydrogens is 463 g/mol. The van der Waals surface area contributed by atoms with Crippen LogP contribution in [0.2, 0.25) is 0 Å². The summed E-state index contributed by atoms with van der Waals surface area (Å²) in [6.07, 6.45) is 3.05. The van der Waals surface area contributed by atoms with E-state index in [1.165, 1.54) is 30.3 Å². The molecule has 1 amide bonds. The van der Waals surface area contributed by atoms with E-state index in [9.17, 15) is 27.9 Å². The number of pyridine rings is 2. The van der Waals surface area contributed by atoms with Gasteiger partial charge in [0.1, 0.15) is 16.9 Å². The summed E-state index contributed by atoms with van der Waals surface area (Å²) >= 11 is 0. The Kier molecular flexibility index (Phi) is 5.28. The maximum atomic E-state index is 14.7. The van der Waals surface area contributed by atoms with Crippen LogP contribution in [0.5, 0.6) is 5.75 Å². The third-order valence-electron chi connectivity index (χ3n) is 6.55. The Bertz CT molecular complexity index is 1400. The molecule has 1 fully saturated rings. The lowest BCUT2D eigenvalue weighted by Gasteiger charge is -2.23. The molecule has 1 aliphatic heterocycles. The average Bonchev–Trinajstić information content (AvgIpc) is 3.55. The second kappa shape index (κ2) is 7.98. The molecule has 1 saturated carbocycles. The normalized spacial score (nSPS) is 17.5. The van der Waals surface area contributed by atoms with E-state index in [4.69, 9.17) is 5.73 Å².